The smallest absolute Gasteiger partial charge is 0.164 e. The quantitative estimate of drug-likeness (QED) is 0.163. The number of hydrogen-bond donors (Lipinski definition) is 0. The van der Waals surface area contributed by atoms with E-state index in [1.54, 1.807) is 0 Å². The maximum Gasteiger partial charge on any atom is 0.164 e. The van der Waals surface area contributed by atoms with Gasteiger partial charge < -0.3 is 8.98 Å². The molecule has 10 aromatic carbocycles. The number of rotatable bonds is 5. The van der Waals surface area contributed by atoms with Gasteiger partial charge in [0.1, 0.15) is 11.2 Å². The fraction of sp³-hybridized carbons (Fsp3) is 0. The molecular weight excluding hydrogens is 757 g/mol. The van der Waals surface area contributed by atoms with Gasteiger partial charge in [0.25, 0.3) is 0 Å². The SMILES string of the molecule is c1ccc(-c2nc(-c3ccc4c5ccccc5c5ccccc5c4c3)nc(-c3cccc4oc5cccc(-c6ccccc6-n6c7ccccc7c7ccccc76)c5c34)n2)cc1. The molecule has 0 saturated carbocycles. The van der Waals surface area contributed by atoms with Crippen LogP contribution in [0, 0.1) is 0 Å². The molecule has 0 fully saturated rings. The lowest BCUT2D eigenvalue weighted by Gasteiger charge is -2.15. The Morgan fingerprint density at radius 2 is 0.774 bits per heavy atom. The predicted octanol–water partition coefficient (Wildman–Crippen LogP) is 15.0. The first-order valence-corrected chi connectivity index (χ1v) is 20.9. The summed E-state index contributed by atoms with van der Waals surface area (Å²) in [6.07, 6.45) is 0. The highest BCUT2D eigenvalue weighted by atomic mass is 16.3. The van der Waals surface area contributed by atoms with Crippen LogP contribution < -0.4 is 0 Å². The van der Waals surface area contributed by atoms with Gasteiger partial charge in [-0.15, -0.1) is 0 Å². The lowest BCUT2D eigenvalue weighted by molar-refractivity contribution is 0.669. The molecule has 62 heavy (non-hydrogen) atoms. The minimum Gasteiger partial charge on any atom is -0.456 e. The Bertz CT molecular complexity index is 3850. The first-order chi connectivity index (χ1) is 30.8. The van der Waals surface area contributed by atoms with Gasteiger partial charge in [0.2, 0.25) is 0 Å². The number of furan rings is 1. The molecule has 0 spiro atoms. The van der Waals surface area contributed by atoms with Crippen LogP contribution in [-0.2, 0) is 0 Å². The van der Waals surface area contributed by atoms with E-state index in [0.717, 1.165) is 71.9 Å². The Labute approximate surface area is 355 Å². The van der Waals surface area contributed by atoms with E-state index in [-0.39, 0.29) is 0 Å². The van der Waals surface area contributed by atoms with Gasteiger partial charge in [-0.05, 0) is 74.3 Å². The van der Waals surface area contributed by atoms with Crippen molar-refractivity contribution >= 4 is 76.1 Å². The molecule has 3 aromatic heterocycles. The first kappa shape index (κ1) is 34.5. The number of para-hydroxylation sites is 3. The van der Waals surface area contributed by atoms with Crippen molar-refractivity contribution < 1.29 is 4.42 Å². The molecular formula is C57H34N4O. The van der Waals surface area contributed by atoms with Gasteiger partial charge in [0.15, 0.2) is 17.5 Å². The maximum absolute atomic E-state index is 6.72. The number of fused-ring (bicyclic) bond motifs is 12. The highest BCUT2D eigenvalue weighted by Gasteiger charge is 2.23. The van der Waals surface area contributed by atoms with Crippen molar-refractivity contribution in [3.05, 3.63) is 206 Å². The first-order valence-electron chi connectivity index (χ1n) is 20.9. The highest BCUT2D eigenvalue weighted by molar-refractivity contribution is 6.26. The average molecular weight is 791 g/mol. The van der Waals surface area contributed by atoms with Crippen LogP contribution in [0.15, 0.2) is 211 Å². The van der Waals surface area contributed by atoms with E-state index in [0.29, 0.717) is 17.5 Å². The lowest BCUT2D eigenvalue weighted by atomic mass is 9.93. The normalized spacial score (nSPS) is 11.9. The fourth-order valence-electron chi connectivity index (χ4n) is 9.74. The molecule has 0 amide bonds. The third-order valence-electron chi connectivity index (χ3n) is 12.4. The summed E-state index contributed by atoms with van der Waals surface area (Å²) in [5, 5.41) is 11.7. The third-order valence-corrected chi connectivity index (χ3v) is 12.4. The summed E-state index contributed by atoms with van der Waals surface area (Å²) in [5.74, 6) is 1.79. The second-order valence-electron chi connectivity index (χ2n) is 15.9. The lowest BCUT2D eigenvalue weighted by Crippen LogP contribution is -2.00. The van der Waals surface area contributed by atoms with Crippen molar-refractivity contribution in [1.82, 2.24) is 19.5 Å². The Morgan fingerprint density at radius 3 is 1.44 bits per heavy atom. The van der Waals surface area contributed by atoms with Gasteiger partial charge >= 0.3 is 0 Å². The van der Waals surface area contributed by atoms with E-state index < -0.39 is 0 Å². The zero-order valence-corrected chi connectivity index (χ0v) is 33.3. The van der Waals surface area contributed by atoms with E-state index >= 15 is 0 Å². The summed E-state index contributed by atoms with van der Waals surface area (Å²) in [6.45, 7) is 0. The van der Waals surface area contributed by atoms with Crippen molar-refractivity contribution in [2.45, 2.75) is 0 Å². The van der Waals surface area contributed by atoms with Crippen molar-refractivity contribution in [2.75, 3.05) is 0 Å². The molecule has 0 radical (unpaired) electrons. The maximum atomic E-state index is 6.72. The van der Waals surface area contributed by atoms with E-state index in [1.807, 2.05) is 30.3 Å². The zero-order valence-electron chi connectivity index (χ0n) is 33.3. The van der Waals surface area contributed by atoms with Gasteiger partial charge in [-0.1, -0.05) is 170 Å². The van der Waals surface area contributed by atoms with Crippen LogP contribution in [0.1, 0.15) is 0 Å². The largest absolute Gasteiger partial charge is 0.456 e. The summed E-state index contributed by atoms with van der Waals surface area (Å²) in [7, 11) is 0. The van der Waals surface area contributed by atoms with E-state index in [9.17, 15) is 0 Å². The van der Waals surface area contributed by atoms with Gasteiger partial charge in [-0.3, -0.25) is 0 Å². The molecule has 0 aliphatic rings. The molecule has 0 bridgehead atoms. The van der Waals surface area contributed by atoms with Gasteiger partial charge in [-0.25, -0.2) is 15.0 Å². The van der Waals surface area contributed by atoms with Crippen LogP contribution in [0.5, 0.6) is 0 Å². The highest BCUT2D eigenvalue weighted by Crippen LogP contribution is 2.44. The second kappa shape index (κ2) is 13.6. The molecule has 0 saturated heterocycles. The molecule has 0 atom stereocenters. The summed E-state index contributed by atoms with van der Waals surface area (Å²) in [4.78, 5) is 15.8. The van der Waals surface area contributed by atoms with Crippen LogP contribution in [0.2, 0.25) is 0 Å². The number of nitrogens with zero attached hydrogens (tertiary/aromatic N) is 4. The van der Waals surface area contributed by atoms with Crippen molar-refractivity contribution in [3.63, 3.8) is 0 Å². The Balaban J connectivity index is 1.06. The van der Waals surface area contributed by atoms with Crippen molar-refractivity contribution in [2.24, 2.45) is 0 Å². The van der Waals surface area contributed by atoms with Crippen molar-refractivity contribution in [3.8, 4) is 51.0 Å². The zero-order chi connectivity index (χ0) is 40.7. The van der Waals surface area contributed by atoms with Crippen LogP contribution in [0.3, 0.4) is 0 Å². The number of aromatic nitrogens is 4. The molecule has 13 rings (SSSR count). The minimum absolute atomic E-state index is 0.580. The topological polar surface area (TPSA) is 56.7 Å². The van der Waals surface area contributed by atoms with E-state index in [1.165, 1.54) is 37.7 Å². The Kier molecular flexibility index (Phi) is 7.54. The molecule has 3 heterocycles. The van der Waals surface area contributed by atoms with Crippen LogP contribution in [0.4, 0.5) is 0 Å². The van der Waals surface area contributed by atoms with Gasteiger partial charge in [-0.2, -0.15) is 0 Å². The standard InChI is InChI=1S/C57H34N4O/c1-2-16-35(17-3-1)55-58-56(36-32-33-41-39-20-5-4-18-37(39)38-19-6-7-21-40(38)47(41)34-36)60-57(59-55)46-26-15-31-52-54(46)53-45(25-14-30-51(53)62-52)44-24-10-13-29-50(44)61-48-27-11-8-22-42(48)43-23-9-12-28-49(43)61/h1-34H. The predicted molar refractivity (Wildman–Crippen MR) is 256 cm³/mol. The molecule has 288 valence electrons. The molecule has 0 N–H and O–H groups in total. The monoisotopic (exact) mass is 790 g/mol. The molecule has 0 unspecified atom stereocenters. The molecule has 0 aliphatic carbocycles. The summed E-state index contributed by atoms with van der Waals surface area (Å²) in [5.41, 5.74) is 9.86. The molecule has 5 nitrogen and oxygen atoms in total. The van der Waals surface area contributed by atoms with Crippen LogP contribution in [0.25, 0.3) is 127 Å². The Morgan fingerprint density at radius 1 is 0.306 bits per heavy atom. The second-order valence-corrected chi connectivity index (χ2v) is 15.9. The van der Waals surface area contributed by atoms with E-state index in [4.69, 9.17) is 19.4 Å². The fourth-order valence-corrected chi connectivity index (χ4v) is 9.74. The Hall–Kier alpha value is -8.41. The number of benzene rings is 10. The van der Waals surface area contributed by atoms with Gasteiger partial charge in [0, 0.05) is 43.8 Å². The minimum atomic E-state index is 0.580. The summed E-state index contributed by atoms with van der Waals surface area (Å²) in [6, 6.07) is 72.6. The average Bonchev–Trinajstić information content (AvgIpc) is 3.90. The van der Waals surface area contributed by atoms with E-state index in [2.05, 4.69) is 180 Å². The molecule has 0 aliphatic heterocycles. The third kappa shape index (κ3) is 5.18. The number of hydrogen-bond acceptors (Lipinski definition) is 4. The van der Waals surface area contributed by atoms with Crippen molar-refractivity contribution in [1.29, 1.82) is 0 Å². The molecule has 5 heteroatoms. The van der Waals surface area contributed by atoms with Crippen LogP contribution >= 0.6 is 0 Å². The van der Waals surface area contributed by atoms with Crippen LogP contribution in [-0.4, -0.2) is 19.5 Å². The summed E-state index contributed by atoms with van der Waals surface area (Å²) < 4.78 is 9.11. The van der Waals surface area contributed by atoms with Gasteiger partial charge in [0.05, 0.1) is 16.7 Å². The molecule has 13 aromatic rings. The summed E-state index contributed by atoms with van der Waals surface area (Å²) >= 11 is 0.